The van der Waals surface area contributed by atoms with Crippen LogP contribution in [0.3, 0.4) is 0 Å². The summed E-state index contributed by atoms with van der Waals surface area (Å²) in [6, 6.07) is 18.2. The first-order valence-corrected chi connectivity index (χ1v) is 14.9. The van der Waals surface area contributed by atoms with E-state index in [2.05, 4.69) is 16.7 Å². The van der Waals surface area contributed by atoms with Crippen molar-refractivity contribution >= 4 is 98.0 Å². The van der Waals surface area contributed by atoms with Crippen molar-refractivity contribution in [2.24, 2.45) is 0 Å². The van der Waals surface area contributed by atoms with Gasteiger partial charge in [-0.25, -0.2) is 4.79 Å². The molecular weight excluding hydrogens is 648 g/mol. The molecule has 0 spiro atoms. The van der Waals surface area contributed by atoms with Gasteiger partial charge in [-0.1, -0.05) is 82.8 Å². The maximum Gasteiger partial charge on any atom is 0.338 e. The number of thioether (sulfide) groups is 1. The van der Waals surface area contributed by atoms with Crippen LogP contribution in [0, 0.1) is 11.3 Å². The number of thiophene rings is 1. The Kier molecular flexibility index (Phi) is 9.87. The summed E-state index contributed by atoms with van der Waals surface area (Å²) >= 11 is 26.7. The number of hydrogen-bond donors (Lipinski definition) is 3. The highest BCUT2D eigenvalue weighted by molar-refractivity contribution is 8.00. The van der Waals surface area contributed by atoms with E-state index in [9.17, 15) is 24.8 Å². The molecule has 1 atom stereocenters. The molecule has 0 bridgehead atoms. The third-order valence-electron chi connectivity index (χ3n) is 5.71. The minimum atomic E-state index is -1.51. The van der Waals surface area contributed by atoms with Crippen LogP contribution < -0.4 is 10.6 Å². The van der Waals surface area contributed by atoms with Crippen LogP contribution in [0.5, 0.6) is 0 Å². The fraction of sp³-hybridized carbons (Fsp3) is 0.0714. The number of carboxylic acids is 1. The molecule has 0 radical (unpaired) electrons. The number of aromatic carboxylic acids is 1. The Morgan fingerprint density at radius 3 is 2.22 bits per heavy atom. The quantitative estimate of drug-likeness (QED) is 0.0983. The van der Waals surface area contributed by atoms with Crippen molar-refractivity contribution in [3.63, 3.8) is 0 Å². The lowest BCUT2D eigenvalue weighted by Gasteiger charge is -2.15. The molecule has 3 aromatic carbocycles. The number of anilines is 2. The number of benzene rings is 3. The number of nitrogens with one attached hydrogen (secondary N) is 2. The molecule has 3 N–H and O–H groups in total. The van der Waals surface area contributed by atoms with Gasteiger partial charge in [0.25, 0.3) is 5.91 Å². The van der Waals surface area contributed by atoms with E-state index in [0.717, 1.165) is 11.1 Å². The molecule has 0 aliphatic heterocycles. The third-order valence-corrected chi connectivity index (χ3v) is 9.50. The SMILES string of the molecule is CC(Sc1cccc(NC(=O)c2c(Cl)c(Cl)c(Cl)c(Cl)c2C(=O)O)c1)C(=O)Nc1scc(-c2ccccc2)c1C#N. The summed E-state index contributed by atoms with van der Waals surface area (Å²) in [5.41, 5.74) is 1.29. The fourth-order valence-corrected chi connectivity index (χ4v) is 6.62. The zero-order valence-corrected chi connectivity index (χ0v) is 25.5. The van der Waals surface area contributed by atoms with Gasteiger partial charge in [0.15, 0.2) is 0 Å². The van der Waals surface area contributed by atoms with Crippen LogP contribution >= 0.6 is 69.5 Å². The number of carbonyl (C=O) groups is 3. The Morgan fingerprint density at radius 2 is 1.59 bits per heavy atom. The molecule has 13 heteroatoms. The summed E-state index contributed by atoms with van der Waals surface area (Å²) in [6.07, 6.45) is 0. The van der Waals surface area contributed by atoms with E-state index in [1.807, 2.05) is 35.7 Å². The molecule has 4 aromatic rings. The van der Waals surface area contributed by atoms with Gasteiger partial charge >= 0.3 is 5.97 Å². The molecule has 0 saturated carbocycles. The zero-order chi connectivity index (χ0) is 29.8. The number of rotatable bonds is 8. The Bertz CT molecular complexity index is 1720. The van der Waals surface area contributed by atoms with Gasteiger partial charge in [0.1, 0.15) is 11.1 Å². The monoisotopic (exact) mass is 663 g/mol. The van der Waals surface area contributed by atoms with E-state index < -0.39 is 33.3 Å². The van der Waals surface area contributed by atoms with Crippen molar-refractivity contribution in [3.05, 3.63) is 96.8 Å². The average molecular weight is 665 g/mol. The van der Waals surface area contributed by atoms with Gasteiger partial charge in [0.2, 0.25) is 5.91 Å². The standard InChI is InChI=1S/C28H17Cl4N3O4S2/c1-13(25(36)35-27-17(11-33)18(12-40-27)14-6-3-2-4-7-14)41-16-9-5-8-15(10-16)34-26(37)19-20(28(38)39)22(30)24(32)23(31)21(19)29/h2-10,12-13H,1H3,(H,34,37)(H,35,36)(H,38,39). The van der Waals surface area contributed by atoms with E-state index in [1.165, 1.54) is 23.1 Å². The summed E-state index contributed by atoms with van der Waals surface area (Å²) in [5.74, 6) is -2.69. The van der Waals surface area contributed by atoms with Crippen LogP contribution in [0.1, 0.15) is 33.2 Å². The highest BCUT2D eigenvalue weighted by atomic mass is 35.5. The molecular formula is C28H17Cl4N3O4S2. The second kappa shape index (κ2) is 13.2. The second-order valence-corrected chi connectivity index (χ2v) is 12.2. The van der Waals surface area contributed by atoms with Gasteiger partial charge in [0, 0.05) is 21.5 Å². The van der Waals surface area contributed by atoms with Crippen molar-refractivity contribution in [1.29, 1.82) is 5.26 Å². The Morgan fingerprint density at radius 1 is 0.927 bits per heavy atom. The maximum absolute atomic E-state index is 13.1. The minimum absolute atomic E-state index is 0.251. The van der Waals surface area contributed by atoms with Crippen molar-refractivity contribution in [1.82, 2.24) is 0 Å². The van der Waals surface area contributed by atoms with Crippen LogP contribution in [0.2, 0.25) is 20.1 Å². The molecule has 0 saturated heterocycles. The Labute approximate surface area is 263 Å². The van der Waals surface area contributed by atoms with E-state index >= 15 is 0 Å². The number of nitrogens with zero attached hydrogens (tertiary/aromatic N) is 1. The molecule has 1 unspecified atom stereocenters. The highest BCUT2D eigenvalue weighted by Gasteiger charge is 2.29. The summed E-state index contributed by atoms with van der Waals surface area (Å²) < 4.78 is 0. The predicted octanol–water partition coefficient (Wildman–Crippen LogP) is 8.97. The van der Waals surface area contributed by atoms with Gasteiger partial charge < -0.3 is 15.7 Å². The van der Waals surface area contributed by atoms with Gasteiger partial charge in [0.05, 0.1) is 42.0 Å². The number of hydrogen-bond acceptors (Lipinski definition) is 6. The number of carbonyl (C=O) groups excluding carboxylic acids is 2. The Hall–Kier alpha value is -3.23. The molecule has 4 rings (SSSR count). The first kappa shape index (κ1) is 30.7. The van der Waals surface area contributed by atoms with Crippen LogP contribution in [0.4, 0.5) is 10.7 Å². The van der Waals surface area contributed by atoms with Crippen LogP contribution in [-0.4, -0.2) is 28.1 Å². The van der Waals surface area contributed by atoms with Crippen LogP contribution in [0.25, 0.3) is 11.1 Å². The fourth-order valence-electron chi connectivity index (χ4n) is 3.75. The molecule has 1 aromatic heterocycles. The number of halogens is 4. The molecule has 2 amide bonds. The Balaban J connectivity index is 1.49. The lowest BCUT2D eigenvalue weighted by atomic mass is 10.1. The topological polar surface area (TPSA) is 119 Å². The highest BCUT2D eigenvalue weighted by Crippen LogP contribution is 2.42. The van der Waals surface area contributed by atoms with E-state index in [0.29, 0.717) is 21.1 Å². The lowest BCUT2D eigenvalue weighted by molar-refractivity contribution is -0.115. The van der Waals surface area contributed by atoms with Gasteiger partial charge in [-0.3, -0.25) is 9.59 Å². The maximum atomic E-state index is 13.1. The molecule has 1 heterocycles. The minimum Gasteiger partial charge on any atom is -0.478 e. The number of amides is 2. The first-order chi connectivity index (χ1) is 19.5. The molecule has 0 aliphatic carbocycles. The summed E-state index contributed by atoms with van der Waals surface area (Å²) in [4.78, 5) is 38.5. The van der Waals surface area contributed by atoms with Crippen molar-refractivity contribution < 1.29 is 19.5 Å². The smallest absolute Gasteiger partial charge is 0.338 e. The second-order valence-electron chi connectivity index (χ2n) is 8.37. The van der Waals surface area contributed by atoms with E-state index in [-0.39, 0.29) is 21.0 Å². The van der Waals surface area contributed by atoms with Crippen LogP contribution in [-0.2, 0) is 4.79 Å². The van der Waals surface area contributed by atoms with Crippen LogP contribution in [0.15, 0.2) is 64.9 Å². The summed E-state index contributed by atoms with van der Waals surface area (Å²) in [7, 11) is 0. The summed E-state index contributed by atoms with van der Waals surface area (Å²) in [6.45, 7) is 1.71. The number of carboxylic acid groups (broad SMARTS) is 1. The third kappa shape index (κ3) is 6.65. The van der Waals surface area contributed by atoms with Crippen molar-refractivity contribution in [3.8, 4) is 17.2 Å². The van der Waals surface area contributed by atoms with Gasteiger partial charge in [-0.05, 0) is 30.7 Å². The lowest BCUT2D eigenvalue weighted by Crippen LogP contribution is -2.22. The average Bonchev–Trinajstić information content (AvgIpc) is 3.36. The normalized spacial score (nSPS) is 11.4. The molecule has 0 fully saturated rings. The van der Waals surface area contributed by atoms with Gasteiger partial charge in [-0.15, -0.1) is 23.1 Å². The predicted molar refractivity (Wildman–Crippen MR) is 166 cm³/mol. The van der Waals surface area contributed by atoms with Gasteiger partial charge in [-0.2, -0.15) is 5.26 Å². The number of nitriles is 1. The zero-order valence-electron chi connectivity index (χ0n) is 20.8. The molecule has 7 nitrogen and oxygen atoms in total. The van der Waals surface area contributed by atoms with E-state index in [4.69, 9.17) is 46.4 Å². The van der Waals surface area contributed by atoms with Crippen molar-refractivity contribution in [2.75, 3.05) is 10.6 Å². The summed E-state index contributed by atoms with van der Waals surface area (Å²) in [5, 5.41) is 25.2. The largest absolute Gasteiger partial charge is 0.478 e. The molecule has 0 aliphatic rings. The first-order valence-electron chi connectivity index (χ1n) is 11.6. The molecule has 208 valence electrons. The molecule has 41 heavy (non-hydrogen) atoms. The van der Waals surface area contributed by atoms with E-state index in [1.54, 1.807) is 31.2 Å². The van der Waals surface area contributed by atoms with Crippen molar-refractivity contribution in [2.45, 2.75) is 17.1 Å².